The maximum atomic E-state index is 11.7. The second kappa shape index (κ2) is 6.07. The molecule has 3 N–H and O–H groups in total. The Kier molecular flexibility index (Phi) is 3.97. The van der Waals surface area contributed by atoms with Crippen molar-refractivity contribution in [3.05, 3.63) is 63.1 Å². The van der Waals surface area contributed by atoms with Gasteiger partial charge >= 0.3 is 0 Å². The van der Waals surface area contributed by atoms with Crippen molar-refractivity contribution in [1.82, 2.24) is 10.6 Å². The molecule has 2 aromatic carbocycles. The third kappa shape index (κ3) is 2.66. The standard InChI is InChI=1S/C20H17N3OS2/c1-9-6-11(3)14(7-10(9)2)12-4-5-13-15(8-12)16(22-18(13)21)17-19(25)23-20(24)26-17/h4-8H,1-3H3,(H2,21,22)(H,23,24,25)/b17-16+. The summed E-state index contributed by atoms with van der Waals surface area (Å²) in [7, 11) is 0. The Bertz CT molecular complexity index is 1050. The fraction of sp³-hybridized carbons (Fsp3) is 0.150. The van der Waals surface area contributed by atoms with Crippen molar-refractivity contribution >= 4 is 45.7 Å². The summed E-state index contributed by atoms with van der Waals surface area (Å²) in [5, 5.41) is 13.8. The number of carbonyl (C=O) groups excluding carboxylic acids is 1. The molecule has 130 valence electrons. The highest BCUT2D eigenvalue weighted by molar-refractivity contribution is 8.19. The van der Waals surface area contributed by atoms with Crippen LogP contribution in [-0.4, -0.2) is 16.1 Å². The summed E-state index contributed by atoms with van der Waals surface area (Å²) in [6.45, 7) is 6.34. The molecule has 0 saturated carbocycles. The highest BCUT2D eigenvalue weighted by Gasteiger charge is 2.31. The van der Waals surface area contributed by atoms with Crippen molar-refractivity contribution in [2.45, 2.75) is 20.8 Å². The Hall–Kier alpha value is -2.44. The molecule has 4 rings (SSSR count). The number of hydrogen-bond acceptors (Lipinski definition) is 4. The largest absolute Gasteiger partial charge is 0.339 e. The van der Waals surface area contributed by atoms with Crippen LogP contribution in [0.2, 0.25) is 0 Å². The van der Waals surface area contributed by atoms with Crippen LogP contribution in [-0.2, 0) is 0 Å². The van der Waals surface area contributed by atoms with Crippen LogP contribution in [0.1, 0.15) is 27.8 Å². The molecule has 1 saturated heterocycles. The Morgan fingerprint density at radius 2 is 1.65 bits per heavy atom. The minimum atomic E-state index is -0.180. The number of benzene rings is 2. The van der Waals surface area contributed by atoms with Crippen molar-refractivity contribution in [2.24, 2.45) is 0 Å². The smallest absolute Gasteiger partial charge is 0.289 e. The first-order valence-corrected chi connectivity index (χ1v) is 9.43. The molecule has 0 bridgehead atoms. The molecule has 4 nitrogen and oxygen atoms in total. The quantitative estimate of drug-likeness (QED) is 0.498. The van der Waals surface area contributed by atoms with Crippen LogP contribution in [0.25, 0.3) is 16.8 Å². The number of thiocarbonyl (C=S) groups is 1. The van der Waals surface area contributed by atoms with Gasteiger partial charge in [0.25, 0.3) is 5.24 Å². The fourth-order valence-corrected chi connectivity index (χ4v) is 4.46. The van der Waals surface area contributed by atoms with Gasteiger partial charge in [-0.1, -0.05) is 30.4 Å². The van der Waals surface area contributed by atoms with Crippen LogP contribution in [0.4, 0.5) is 4.79 Å². The molecule has 0 atom stereocenters. The normalized spacial score (nSPS) is 18.8. The molecule has 2 aliphatic heterocycles. The lowest BCUT2D eigenvalue weighted by Crippen LogP contribution is -2.18. The molecule has 0 radical (unpaired) electrons. The minimum absolute atomic E-state index is 0.180. The maximum Gasteiger partial charge on any atom is 0.289 e. The first-order chi connectivity index (χ1) is 12.3. The van der Waals surface area contributed by atoms with Gasteiger partial charge in [-0.3, -0.25) is 10.2 Å². The summed E-state index contributed by atoms with van der Waals surface area (Å²) in [6, 6.07) is 10.5. The average Bonchev–Trinajstić information content (AvgIpc) is 3.09. The van der Waals surface area contributed by atoms with E-state index in [0.29, 0.717) is 15.7 Å². The molecule has 6 heteroatoms. The monoisotopic (exact) mass is 379 g/mol. The molecule has 0 unspecified atom stereocenters. The molecular weight excluding hydrogens is 362 g/mol. The van der Waals surface area contributed by atoms with Gasteiger partial charge in [-0.2, -0.15) is 0 Å². The van der Waals surface area contributed by atoms with E-state index in [1.165, 1.54) is 22.3 Å². The highest BCUT2D eigenvalue weighted by Crippen LogP contribution is 2.38. The van der Waals surface area contributed by atoms with Crippen LogP contribution < -0.4 is 10.6 Å². The van der Waals surface area contributed by atoms with Crippen molar-refractivity contribution in [2.75, 3.05) is 0 Å². The minimum Gasteiger partial charge on any atom is -0.339 e. The van der Waals surface area contributed by atoms with Crippen molar-refractivity contribution in [3.8, 4) is 11.1 Å². The molecule has 0 aromatic heterocycles. The number of aryl methyl sites for hydroxylation is 3. The Balaban J connectivity index is 1.90. The van der Waals surface area contributed by atoms with E-state index in [2.05, 4.69) is 49.6 Å². The highest BCUT2D eigenvalue weighted by atomic mass is 32.2. The number of carbonyl (C=O) groups is 1. The fourth-order valence-electron chi connectivity index (χ4n) is 3.33. The Morgan fingerprint density at radius 1 is 0.923 bits per heavy atom. The third-order valence-corrected chi connectivity index (χ3v) is 6.14. The molecule has 1 fully saturated rings. The predicted octanol–water partition coefficient (Wildman–Crippen LogP) is 4.66. The van der Waals surface area contributed by atoms with E-state index in [9.17, 15) is 4.79 Å². The summed E-state index contributed by atoms with van der Waals surface area (Å²) in [5.41, 5.74) is 8.47. The van der Waals surface area contributed by atoms with Gasteiger partial charge in [0, 0.05) is 11.1 Å². The summed E-state index contributed by atoms with van der Waals surface area (Å²) >= 11 is 6.35. The lowest BCUT2D eigenvalue weighted by Gasteiger charge is -2.12. The first-order valence-electron chi connectivity index (χ1n) is 8.21. The molecule has 0 aliphatic carbocycles. The number of thioether (sulfide) groups is 1. The topological polar surface area (TPSA) is 65.0 Å². The van der Waals surface area contributed by atoms with E-state index in [4.69, 9.17) is 17.6 Å². The van der Waals surface area contributed by atoms with Crippen molar-refractivity contribution in [3.63, 3.8) is 0 Å². The van der Waals surface area contributed by atoms with E-state index >= 15 is 0 Å². The maximum absolute atomic E-state index is 11.7. The predicted molar refractivity (Wildman–Crippen MR) is 112 cm³/mol. The van der Waals surface area contributed by atoms with E-state index in [0.717, 1.165) is 34.1 Å². The summed E-state index contributed by atoms with van der Waals surface area (Å²) in [6.07, 6.45) is 0. The SMILES string of the molecule is Cc1cc(C)c(-c2ccc3c(c2)/C(=C2\SC(=O)NC2=S)NC3=N)cc1C. The second-order valence-electron chi connectivity index (χ2n) is 6.56. The van der Waals surface area contributed by atoms with Gasteiger partial charge in [0.05, 0.1) is 10.6 Å². The zero-order chi connectivity index (χ0) is 18.6. The molecule has 2 aromatic rings. The zero-order valence-electron chi connectivity index (χ0n) is 14.6. The molecular formula is C20H17N3OS2. The summed E-state index contributed by atoms with van der Waals surface area (Å²) in [4.78, 5) is 12.8. The summed E-state index contributed by atoms with van der Waals surface area (Å²) in [5.74, 6) is 0.327. The van der Waals surface area contributed by atoms with Gasteiger partial charge < -0.3 is 10.6 Å². The van der Waals surface area contributed by atoms with Crippen LogP contribution >= 0.6 is 24.0 Å². The number of hydrogen-bond donors (Lipinski definition) is 3. The lowest BCUT2D eigenvalue weighted by atomic mass is 9.93. The zero-order valence-corrected chi connectivity index (χ0v) is 16.2. The van der Waals surface area contributed by atoms with Crippen molar-refractivity contribution < 1.29 is 4.79 Å². The van der Waals surface area contributed by atoms with Gasteiger partial charge in [0.2, 0.25) is 0 Å². The van der Waals surface area contributed by atoms with E-state index in [-0.39, 0.29) is 5.24 Å². The van der Waals surface area contributed by atoms with E-state index < -0.39 is 0 Å². The molecule has 0 spiro atoms. The Labute approximate surface area is 161 Å². The van der Waals surface area contributed by atoms with Gasteiger partial charge in [-0.15, -0.1) is 0 Å². The van der Waals surface area contributed by atoms with Crippen molar-refractivity contribution in [1.29, 1.82) is 5.41 Å². The van der Waals surface area contributed by atoms with Gasteiger partial charge in [-0.05, 0) is 72.5 Å². The van der Waals surface area contributed by atoms with Gasteiger partial charge in [0.15, 0.2) is 0 Å². The number of amidine groups is 1. The average molecular weight is 380 g/mol. The van der Waals surface area contributed by atoms with Crippen LogP contribution in [0.15, 0.2) is 35.2 Å². The van der Waals surface area contributed by atoms with Crippen LogP contribution in [0.5, 0.6) is 0 Å². The van der Waals surface area contributed by atoms with E-state index in [1.807, 2.05) is 12.1 Å². The van der Waals surface area contributed by atoms with Crippen LogP contribution in [0, 0.1) is 26.2 Å². The molecule has 2 heterocycles. The Morgan fingerprint density at radius 3 is 2.35 bits per heavy atom. The lowest BCUT2D eigenvalue weighted by molar-refractivity contribution is 0.265. The number of fused-ring (bicyclic) bond motifs is 1. The second-order valence-corrected chi connectivity index (χ2v) is 7.95. The molecule has 26 heavy (non-hydrogen) atoms. The number of nitrogens with one attached hydrogen (secondary N) is 3. The van der Waals surface area contributed by atoms with Crippen LogP contribution in [0.3, 0.4) is 0 Å². The molecule has 1 amide bonds. The summed E-state index contributed by atoms with van der Waals surface area (Å²) < 4.78 is 0. The van der Waals surface area contributed by atoms with Gasteiger partial charge in [-0.25, -0.2) is 0 Å². The number of rotatable bonds is 1. The number of amides is 1. The van der Waals surface area contributed by atoms with Gasteiger partial charge in [0.1, 0.15) is 10.8 Å². The van der Waals surface area contributed by atoms with E-state index in [1.54, 1.807) is 0 Å². The molecule has 2 aliphatic rings. The first kappa shape index (κ1) is 17.0. The third-order valence-electron chi connectivity index (χ3n) is 4.80.